The minimum atomic E-state index is 0.0765. The molecule has 0 saturated carbocycles. The molecule has 1 aromatic heterocycles. The Balaban J connectivity index is 0.957. The lowest BCUT2D eigenvalue weighted by Gasteiger charge is -2.48. The summed E-state index contributed by atoms with van der Waals surface area (Å²) in [5.74, 6) is 1.91. The predicted octanol–water partition coefficient (Wildman–Crippen LogP) is 14.0. The van der Waals surface area contributed by atoms with Crippen LogP contribution in [0.3, 0.4) is 0 Å². The first kappa shape index (κ1) is 38.5. The van der Waals surface area contributed by atoms with Crippen LogP contribution in [0.1, 0.15) is 58.4 Å². The Morgan fingerprint density at radius 2 is 1.45 bits per heavy atom. The van der Waals surface area contributed by atoms with E-state index in [0.29, 0.717) is 11.8 Å². The van der Waals surface area contributed by atoms with Crippen molar-refractivity contribution in [3.05, 3.63) is 187 Å². The van der Waals surface area contributed by atoms with Crippen LogP contribution in [0, 0.1) is 17.3 Å². The Bertz CT molecular complexity index is 2890. The van der Waals surface area contributed by atoms with Gasteiger partial charge in [-0.05, 0) is 110 Å². The predicted molar refractivity (Wildman–Crippen MR) is 260 cm³/mol. The SMILES string of the molecule is CC1C=C(C2=NC(C3(C)CC=CCC3)N(C)C(C3=CC=C(c4ccc(N5c6ccccc6-c6c(n(-c7ccccc7)c7ccccc67)-c6ccccc65)cc4)C(C)C3)N2)C=CC1. The number of rotatable bonds is 6. The maximum atomic E-state index is 5.49. The molecule has 62 heavy (non-hydrogen) atoms. The molecule has 0 spiro atoms. The van der Waals surface area contributed by atoms with Gasteiger partial charge in [-0.3, -0.25) is 4.90 Å². The summed E-state index contributed by atoms with van der Waals surface area (Å²) < 4.78 is 2.46. The summed E-state index contributed by atoms with van der Waals surface area (Å²) in [6.45, 7) is 7.14. The molecule has 6 aromatic rings. The van der Waals surface area contributed by atoms with E-state index in [2.05, 4.69) is 217 Å². The van der Waals surface area contributed by atoms with Crippen LogP contribution < -0.4 is 10.2 Å². The van der Waals surface area contributed by atoms with E-state index < -0.39 is 0 Å². The molecule has 5 aromatic carbocycles. The zero-order valence-electron chi connectivity index (χ0n) is 36.3. The Labute approximate surface area is 366 Å². The number of allylic oxidation sites excluding steroid dienone is 7. The van der Waals surface area contributed by atoms with Gasteiger partial charge in [0.1, 0.15) is 18.2 Å². The fourth-order valence-electron chi connectivity index (χ4n) is 11.0. The number of hydrogen-bond acceptors (Lipinski definition) is 4. The fraction of sp³-hybridized carbons (Fsp3) is 0.246. The lowest BCUT2D eigenvalue weighted by Crippen LogP contribution is -2.60. The van der Waals surface area contributed by atoms with Gasteiger partial charge in [0.2, 0.25) is 0 Å². The molecule has 5 nitrogen and oxygen atoms in total. The third kappa shape index (κ3) is 6.44. The Morgan fingerprint density at radius 1 is 0.726 bits per heavy atom. The second kappa shape index (κ2) is 15.5. The number of anilines is 3. The molecule has 308 valence electrons. The second-order valence-electron chi connectivity index (χ2n) is 18.5. The summed E-state index contributed by atoms with van der Waals surface area (Å²) in [4.78, 5) is 10.5. The van der Waals surface area contributed by atoms with Crippen molar-refractivity contribution in [2.45, 2.75) is 65.2 Å². The van der Waals surface area contributed by atoms with E-state index in [1.165, 1.54) is 66.9 Å². The number of amidine groups is 1. The third-order valence-electron chi connectivity index (χ3n) is 14.2. The van der Waals surface area contributed by atoms with Crippen molar-refractivity contribution in [3.8, 4) is 28.1 Å². The van der Waals surface area contributed by atoms with Gasteiger partial charge < -0.3 is 14.8 Å². The minimum absolute atomic E-state index is 0.0765. The van der Waals surface area contributed by atoms with Crippen molar-refractivity contribution in [2.24, 2.45) is 22.2 Å². The van der Waals surface area contributed by atoms with E-state index in [-0.39, 0.29) is 17.7 Å². The van der Waals surface area contributed by atoms with Crippen molar-refractivity contribution in [2.75, 3.05) is 11.9 Å². The first-order chi connectivity index (χ1) is 30.4. The highest BCUT2D eigenvalue weighted by atomic mass is 15.4. The number of nitrogens with zero attached hydrogens (tertiary/aromatic N) is 4. The fourth-order valence-corrected chi connectivity index (χ4v) is 11.0. The highest BCUT2D eigenvalue weighted by Gasteiger charge is 2.43. The Morgan fingerprint density at radius 3 is 2.21 bits per heavy atom. The number of aliphatic imine (C=N–C) groups is 1. The quantitative estimate of drug-likeness (QED) is 0.170. The first-order valence-electron chi connectivity index (χ1n) is 22.7. The molecule has 0 bridgehead atoms. The van der Waals surface area contributed by atoms with Gasteiger partial charge in [0.05, 0.1) is 22.6 Å². The molecule has 5 heteroatoms. The summed E-state index contributed by atoms with van der Waals surface area (Å²) in [6.07, 6.45) is 22.1. The molecule has 5 atom stereocenters. The molecule has 3 aliphatic carbocycles. The van der Waals surface area contributed by atoms with Gasteiger partial charge in [-0.2, -0.15) is 0 Å². The summed E-state index contributed by atoms with van der Waals surface area (Å²) in [6, 6.07) is 46.9. The van der Waals surface area contributed by atoms with E-state index >= 15 is 0 Å². The van der Waals surface area contributed by atoms with Crippen molar-refractivity contribution in [3.63, 3.8) is 0 Å². The van der Waals surface area contributed by atoms with Gasteiger partial charge in [0.25, 0.3) is 0 Å². The molecule has 11 rings (SSSR count). The number of benzene rings is 5. The molecule has 3 heterocycles. The van der Waals surface area contributed by atoms with Crippen LogP contribution in [-0.4, -0.2) is 34.7 Å². The molecule has 1 N–H and O–H groups in total. The van der Waals surface area contributed by atoms with Crippen LogP contribution >= 0.6 is 0 Å². The van der Waals surface area contributed by atoms with E-state index in [1.807, 2.05) is 0 Å². The zero-order chi connectivity index (χ0) is 42.0. The number of likely N-dealkylation sites (N-methyl/N-ethyl adjacent to an activating group) is 1. The van der Waals surface area contributed by atoms with Gasteiger partial charge in [-0.25, -0.2) is 4.99 Å². The molecular weight excluding hydrogens is 755 g/mol. The topological polar surface area (TPSA) is 35.8 Å². The van der Waals surface area contributed by atoms with Gasteiger partial charge >= 0.3 is 0 Å². The third-order valence-corrected chi connectivity index (χ3v) is 14.2. The number of aromatic nitrogens is 1. The Kier molecular flexibility index (Phi) is 9.61. The van der Waals surface area contributed by atoms with E-state index in [1.54, 1.807) is 0 Å². The average Bonchev–Trinajstić information content (AvgIpc) is 3.59. The van der Waals surface area contributed by atoms with Crippen LogP contribution in [-0.2, 0) is 0 Å². The molecule has 5 aliphatic rings. The highest BCUT2D eigenvalue weighted by molar-refractivity contribution is 6.13. The van der Waals surface area contributed by atoms with Gasteiger partial charge in [0, 0.05) is 44.4 Å². The molecule has 0 saturated heterocycles. The summed E-state index contributed by atoms with van der Waals surface area (Å²) in [5.41, 5.74) is 16.2. The lowest BCUT2D eigenvalue weighted by molar-refractivity contribution is 0.0556. The molecule has 0 fully saturated rings. The second-order valence-corrected chi connectivity index (χ2v) is 18.5. The molecule has 0 amide bonds. The first-order valence-corrected chi connectivity index (χ1v) is 22.7. The van der Waals surface area contributed by atoms with Gasteiger partial charge in [0.15, 0.2) is 0 Å². The van der Waals surface area contributed by atoms with Crippen LogP contribution in [0.5, 0.6) is 0 Å². The molecule has 0 radical (unpaired) electrons. The average molecular weight is 810 g/mol. The molecule has 5 unspecified atom stereocenters. The zero-order valence-corrected chi connectivity index (χ0v) is 36.3. The number of fused-ring (bicyclic) bond motifs is 7. The number of nitrogens with one attached hydrogen (secondary N) is 1. The van der Waals surface area contributed by atoms with Crippen molar-refractivity contribution < 1.29 is 0 Å². The van der Waals surface area contributed by atoms with E-state index in [0.717, 1.165) is 49.3 Å². The highest BCUT2D eigenvalue weighted by Crippen LogP contribution is 2.54. The number of hydrogen-bond donors (Lipinski definition) is 1. The lowest BCUT2D eigenvalue weighted by atomic mass is 9.75. The maximum Gasteiger partial charge on any atom is 0.131 e. The smallest absolute Gasteiger partial charge is 0.131 e. The largest absolute Gasteiger partial charge is 0.351 e. The van der Waals surface area contributed by atoms with Gasteiger partial charge in [-0.1, -0.05) is 148 Å². The standard InChI is InChI=1S/C57H55N5/c1-38-18-17-19-41(36-38)54-58-55(60(4)56(59-54)57(3)34-15-6-16-35-57)42-30-33-45(39(2)37-42)40-28-31-44(32-29-40)61-49-25-12-9-22-46(49)52-47-23-10-13-26-50(47)62(43-20-7-5-8-21-43)53(52)48-24-11-14-27-51(48)61/h5-15,17,19-33,36,38-39,55-56H,16,18,34-35,37H2,1-4H3,(H,58,59). The summed E-state index contributed by atoms with van der Waals surface area (Å²) >= 11 is 0. The van der Waals surface area contributed by atoms with E-state index in [4.69, 9.17) is 4.99 Å². The number of para-hydroxylation sites is 4. The minimum Gasteiger partial charge on any atom is -0.351 e. The van der Waals surface area contributed by atoms with Crippen LogP contribution in [0.4, 0.5) is 17.1 Å². The maximum absolute atomic E-state index is 5.49. The van der Waals surface area contributed by atoms with Gasteiger partial charge in [-0.15, -0.1) is 0 Å². The van der Waals surface area contributed by atoms with Crippen molar-refractivity contribution >= 4 is 39.4 Å². The van der Waals surface area contributed by atoms with Crippen molar-refractivity contribution in [1.29, 1.82) is 0 Å². The molecular formula is C57H55N5. The van der Waals surface area contributed by atoms with Crippen molar-refractivity contribution in [1.82, 2.24) is 14.8 Å². The summed E-state index contributed by atoms with van der Waals surface area (Å²) in [7, 11) is 2.28. The van der Waals surface area contributed by atoms with E-state index in [9.17, 15) is 0 Å². The molecule has 2 aliphatic heterocycles. The van der Waals surface area contributed by atoms with Crippen LogP contribution in [0.15, 0.2) is 186 Å². The normalized spacial score (nSPS) is 24.5. The van der Waals surface area contributed by atoms with Crippen LogP contribution in [0.2, 0.25) is 0 Å². The summed E-state index contributed by atoms with van der Waals surface area (Å²) in [5, 5.41) is 5.20. The monoisotopic (exact) mass is 809 g/mol. The Hall–Kier alpha value is -6.43. The van der Waals surface area contributed by atoms with Crippen LogP contribution in [0.25, 0.3) is 44.5 Å².